The first-order chi connectivity index (χ1) is 14.0. The third kappa shape index (κ3) is 6.37. The molecule has 5 nitrogen and oxygen atoms in total. The highest BCUT2D eigenvalue weighted by Crippen LogP contribution is 2.29. The molecule has 0 aliphatic rings. The second-order valence-electron chi connectivity index (χ2n) is 7.07. The van der Waals surface area contributed by atoms with Crippen molar-refractivity contribution in [3.8, 4) is 0 Å². The molecular formula is C22H28FIN4OS. The van der Waals surface area contributed by atoms with Gasteiger partial charge in [0.05, 0.1) is 6.04 Å². The van der Waals surface area contributed by atoms with E-state index in [-0.39, 0.29) is 35.8 Å². The number of thiophene rings is 1. The smallest absolute Gasteiger partial charge is 0.191 e. The number of guanidine groups is 1. The van der Waals surface area contributed by atoms with E-state index in [9.17, 15) is 9.50 Å². The number of halogens is 2. The average molecular weight is 542 g/mol. The number of hydrogen-bond acceptors (Lipinski definition) is 4. The van der Waals surface area contributed by atoms with Crippen molar-refractivity contribution in [2.75, 3.05) is 34.2 Å². The molecule has 1 heterocycles. The molecule has 0 fully saturated rings. The number of aliphatic imine (C=N–C) groups is 1. The van der Waals surface area contributed by atoms with Gasteiger partial charge in [0.15, 0.2) is 5.96 Å². The van der Waals surface area contributed by atoms with E-state index in [2.05, 4.69) is 26.6 Å². The van der Waals surface area contributed by atoms with E-state index < -0.39 is 6.10 Å². The van der Waals surface area contributed by atoms with Crippen molar-refractivity contribution in [2.45, 2.75) is 12.1 Å². The van der Waals surface area contributed by atoms with Gasteiger partial charge in [0.25, 0.3) is 0 Å². The molecule has 3 N–H and O–H groups in total. The summed E-state index contributed by atoms with van der Waals surface area (Å²) >= 11 is 1.60. The number of aliphatic hydroxyl groups is 1. The molecule has 0 aliphatic heterocycles. The Morgan fingerprint density at radius 1 is 1.10 bits per heavy atom. The highest BCUT2D eigenvalue weighted by atomic mass is 127. The first-order valence-electron chi connectivity index (χ1n) is 9.51. The zero-order valence-electron chi connectivity index (χ0n) is 17.3. The van der Waals surface area contributed by atoms with Crippen LogP contribution in [0.4, 0.5) is 4.39 Å². The second kappa shape index (κ2) is 11.6. The van der Waals surface area contributed by atoms with Gasteiger partial charge < -0.3 is 20.6 Å². The molecule has 0 radical (unpaired) electrons. The van der Waals surface area contributed by atoms with Crippen LogP contribution < -0.4 is 10.6 Å². The summed E-state index contributed by atoms with van der Waals surface area (Å²) in [6.45, 7) is 0.951. The van der Waals surface area contributed by atoms with Crippen LogP contribution in [0, 0.1) is 5.82 Å². The molecule has 0 saturated heterocycles. The van der Waals surface area contributed by atoms with Gasteiger partial charge in [-0.05, 0) is 49.3 Å². The van der Waals surface area contributed by atoms with Gasteiger partial charge in [0, 0.05) is 29.7 Å². The van der Waals surface area contributed by atoms with E-state index >= 15 is 0 Å². The van der Waals surface area contributed by atoms with Crippen molar-refractivity contribution in [2.24, 2.45) is 4.99 Å². The molecule has 8 heteroatoms. The summed E-state index contributed by atoms with van der Waals surface area (Å²) in [6, 6.07) is 16.7. The summed E-state index contributed by atoms with van der Waals surface area (Å²) in [7, 11) is 5.66. The maximum Gasteiger partial charge on any atom is 0.191 e. The van der Waals surface area contributed by atoms with Crippen LogP contribution in [-0.2, 0) is 0 Å². The summed E-state index contributed by atoms with van der Waals surface area (Å²) in [4.78, 5) is 7.24. The van der Waals surface area contributed by atoms with Gasteiger partial charge in [-0.1, -0.05) is 30.3 Å². The van der Waals surface area contributed by atoms with E-state index in [0.29, 0.717) is 19.0 Å². The van der Waals surface area contributed by atoms with Crippen molar-refractivity contribution in [3.63, 3.8) is 0 Å². The fourth-order valence-electron chi connectivity index (χ4n) is 3.16. The summed E-state index contributed by atoms with van der Waals surface area (Å²) in [5.41, 5.74) is 1.02. The summed E-state index contributed by atoms with van der Waals surface area (Å²) in [6.07, 6.45) is -0.618. The second-order valence-corrected chi connectivity index (χ2v) is 8.18. The minimum Gasteiger partial charge on any atom is -0.386 e. The van der Waals surface area contributed by atoms with E-state index in [1.54, 1.807) is 30.5 Å². The van der Waals surface area contributed by atoms with Crippen molar-refractivity contribution >= 4 is 51.4 Å². The molecule has 0 bridgehead atoms. The maximum absolute atomic E-state index is 13.2. The summed E-state index contributed by atoms with van der Waals surface area (Å²) < 4.78 is 14.4. The Morgan fingerprint density at radius 3 is 2.40 bits per heavy atom. The van der Waals surface area contributed by atoms with Crippen molar-refractivity contribution in [3.05, 3.63) is 70.9 Å². The lowest BCUT2D eigenvalue weighted by atomic mass is 10.1. The zero-order chi connectivity index (χ0) is 20.8. The molecule has 2 aromatic carbocycles. The highest BCUT2D eigenvalue weighted by molar-refractivity contribution is 14.0. The van der Waals surface area contributed by atoms with E-state index in [1.165, 1.54) is 12.1 Å². The van der Waals surface area contributed by atoms with E-state index in [4.69, 9.17) is 0 Å². The lowest BCUT2D eigenvalue weighted by Gasteiger charge is -2.26. The van der Waals surface area contributed by atoms with Crippen molar-refractivity contribution in [1.29, 1.82) is 0 Å². The zero-order valence-corrected chi connectivity index (χ0v) is 20.4. The van der Waals surface area contributed by atoms with E-state index in [0.717, 1.165) is 20.5 Å². The van der Waals surface area contributed by atoms with E-state index in [1.807, 2.05) is 38.4 Å². The topological polar surface area (TPSA) is 59.9 Å². The lowest BCUT2D eigenvalue weighted by Crippen LogP contribution is -2.43. The normalized spacial score (nSPS) is 13.7. The minimum atomic E-state index is -0.618. The van der Waals surface area contributed by atoms with Crippen LogP contribution in [-0.4, -0.2) is 50.2 Å². The van der Waals surface area contributed by atoms with Crippen LogP contribution in [0.3, 0.4) is 0 Å². The quantitative estimate of drug-likeness (QED) is 0.239. The number of hydrogen-bond donors (Lipinski definition) is 3. The van der Waals surface area contributed by atoms with Gasteiger partial charge in [-0.3, -0.25) is 4.99 Å². The molecule has 2 atom stereocenters. The summed E-state index contributed by atoms with van der Waals surface area (Å²) in [5.74, 6) is 0.367. The average Bonchev–Trinajstić information content (AvgIpc) is 3.15. The van der Waals surface area contributed by atoms with Gasteiger partial charge in [-0.25, -0.2) is 4.39 Å². The number of fused-ring (bicyclic) bond motifs is 1. The molecule has 1 aromatic heterocycles. The van der Waals surface area contributed by atoms with Crippen LogP contribution in [0.25, 0.3) is 10.1 Å². The van der Waals surface area contributed by atoms with Crippen LogP contribution >= 0.6 is 35.3 Å². The van der Waals surface area contributed by atoms with Crippen molar-refractivity contribution in [1.82, 2.24) is 15.5 Å². The number of nitrogens with one attached hydrogen (secondary N) is 2. The number of rotatable bonds is 7. The number of aliphatic hydroxyl groups excluding tert-OH is 1. The Kier molecular flexibility index (Phi) is 9.47. The predicted molar refractivity (Wildman–Crippen MR) is 134 cm³/mol. The fraction of sp³-hybridized carbons (Fsp3) is 0.318. The number of benzene rings is 2. The van der Waals surface area contributed by atoms with Gasteiger partial charge in [-0.2, -0.15) is 0 Å². The predicted octanol–water partition coefficient (Wildman–Crippen LogP) is 4.16. The fourth-order valence-corrected chi connectivity index (χ4v) is 4.21. The first kappa shape index (κ1) is 24.5. The Morgan fingerprint density at radius 2 is 1.77 bits per heavy atom. The molecule has 2 unspecified atom stereocenters. The largest absolute Gasteiger partial charge is 0.386 e. The molecular weight excluding hydrogens is 514 g/mol. The molecule has 3 aromatic rings. The lowest BCUT2D eigenvalue weighted by molar-refractivity contribution is 0.184. The Bertz CT molecular complexity index is 928. The highest BCUT2D eigenvalue weighted by Gasteiger charge is 2.16. The Hall–Kier alpha value is -1.75. The molecule has 0 saturated carbocycles. The first-order valence-corrected chi connectivity index (χ1v) is 10.3. The Balaban J connectivity index is 0.00000320. The third-order valence-corrected chi connectivity index (χ3v) is 6.02. The number of likely N-dealkylation sites (N-methyl/N-ethyl adjacent to an activating group) is 1. The maximum atomic E-state index is 13.2. The third-order valence-electron chi connectivity index (χ3n) is 4.80. The van der Waals surface area contributed by atoms with Gasteiger partial charge in [-0.15, -0.1) is 35.3 Å². The molecule has 3 rings (SSSR count). The molecule has 0 spiro atoms. The summed E-state index contributed by atoms with van der Waals surface area (Å²) in [5, 5.41) is 18.2. The SMILES string of the molecule is CN=C(NCC(O)c1cc2ccccc2s1)NCC(c1ccc(F)cc1)N(C)C.I. The molecule has 30 heavy (non-hydrogen) atoms. The van der Waals surface area contributed by atoms with Crippen LogP contribution in [0.5, 0.6) is 0 Å². The molecule has 162 valence electrons. The standard InChI is InChI=1S/C22H27FN4OS.HI/c1-24-22(25-13-18(27(2)3)15-8-10-17(23)11-9-15)26-14-19(28)21-12-16-6-4-5-7-20(16)29-21;/h4-12,18-19,28H,13-14H2,1-3H3,(H2,24,25,26);1H. The molecule has 0 aliphatic carbocycles. The molecule has 0 amide bonds. The van der Waals surface area contributed by atoms with Crippen molar-refractivity contribution < 1.29 is 9.50 Å². The number of nitrogens with zero attached hydrogens (tertiary/aromatic N) is 2. The minimum absolute atomic E-state index is 0. The van der Waals surface area contributed by atoms with Crippen LogP contribution in [0.15, 0.2) is 59.6 Å². The van der Waals surface area contributed by atoms with Gasteiger partial charge in [0.2, 0.25) is 0 Å². The van der Waals surface area contributed by atoms with Gasteiger partial charge >= 0.3 is 0 Å². The van der Waals surface area contributed by atoms with Crippen LogP contribution in [0.2, 0.25) is 0 Å². The Labute approximate surface area is 198 Å². The van der Waals surface area contributed by atoms with Crippen LogP contribution in [0.1, 0.15) is 22.6 Å². The van der Waals surface area contributed by atoms with Gasteiger partial charge in [0.1, 0.15) is 11.9 Å². The monoisotopic (exact) mass is 542 g/mol.